The number of hydrogen-bond acceptors (Lipinski definition) is 4. The molecule has 1 atom stereocenters. The molecule has 0 saturated carbocycles. The first-order valence-electron chi connectivity index (χ1n) is 8.26. The summed E-state index contributed by atoms with van der Waals surface area (Å²) in [5.74, 6) is 0.941. The second-order valence-corrected chi connectivity index (χ2v) is 7.73. The van der Waals surface area contributed by atoms with Gasteiger partial charge >= 0.3 is 0 Å². The van der Waals surface area contributed by atoms with Crippen LogP contribution in [0, 0.1) is 0 Å². The minimum Gasteiger partial charge on any atom is -0.337 e. The predicted molar refractivity (Wildman–Crippen MR) is 98.9 cm³/mol. The molecule has 0 aliphatic heterocycles. The van der Waals surface area contributed by atoms with Gasteiger partial charge in [0.15, 0.2) is 11.0 Å². The minimum atomic E-state index is -0.207. The topological polar surface area (TPSA) is 51.0 Å². The van der Waals surface area contributed by atoms with Crippen molar-refractivity contribution in [3.63, 3.8) is 0 Å². The molecule has 0 unspecified atom stereocenters. The van der Waals surface area contributed by atoms with Gasteiger partial charge in [-0.05, 0) is 34.6 Å². The Hall–Kier alpha value is -1.82. The number of hydrogen-bond donors (Lipinski definition) is 0. The summed E-state index contributed by atoms with van der Waals surface area (Å²) in [6.45, 7) is 10.1. The Kier molecular flexibility index (Phi) is 6.04. The van der Waals surface area contributed by atoms with Crippen LogP contribution in [-0.4, -0.2) is 42.9 Å². The van der Waals surface area contributed by atoms with E-state index < -0.39 is 0 Å². The average Bonchev–Trinajstić information content (AvgIpc) is 2.88. The first-order chi connectivity index (χ1) is 11.3. The number of carbonyl (C=O) groups excluding carboxylic acids is 1. The zero-order valence-electron chi connectivity index (χ0n) is 15.2. The van der Waals surface area contributed by atoms with E-state index in [1.54, 1.807) is 0 Å². The van der Waals surface area contributed by atoms with Gasteiger partial charge in [0.25, 0.3) is 0 Å². The summed E-state index contributed by atoms with van der Waals surface area (Å²) in [5.41, 5.74) is 1.02. The zero-order valence-corrected chi connectivity index (χ0v) is 16.0. The van der Waals surface area contributed by atoms with E-state index in [4.69, 9.17) is 0 Å². The van der Waals surface area contributed by atoms with Crippen molar-refractivity contribution in [2.24, 2.45) is 7.05 Å². The molecule has 24 heavy (non-hydrogen) atoms. The van der Waals surface area contributed by atoms with E-state index in [0.717, 1.165) is 16.5 Å². The van der Waals surface area contributed by atoms with Crippen LogP contribution in [0.1, 0.15) is 34.6 Å². The maximum atomic E-state index is 12.8. The van der Waals surface area contributed by atoms with Gasteiger partial charge in [-0.25, -0.2) is 0 Å². The normalized spacial score (nSPS) is 12.7. The molecule has 0 N–H and O–H groups in total. The van der Waals surface area contributed by atoms with Gasteiger partial charge in [0.05, 0.1) is 5.25 Å². The van der Waals surface area contributed by atoms with Gasteiger partial charge in [0, 0.05) is 24.7 Å². The van der Waals surface area contributed by atoms with Crippen LogP contribution in [0.4, 0.5) is 0 Å². The molecule has 0 radical (unpaired) electrons. The van der Waals surface area contributed by atoms with Gasteiger partial charge < -0.3 is 9.47 Å². The molecular formula is C18H26N4OS. The second-order valence-electron chi connectivity index (χ2n) is 6.42. The third kappa shape index (κ3) is 3.98. The minimum absolute atomic E-state index is 0.134. The van der Waals surface area contributed by atoms with E-state index in [-0.39, 0.29) is 23.2 Å². The predicted octanol–water partition coefficient (Wildman–Crippen LogP) is 3.61. The highest BCUT2D eigenvalue weighted by molar-refractivity contribution is 8.00. The number of thioether (sulfide) groups is 1. The van der Waals surface area contributed by atoms with Gasteiger partial charge in [0.1, 0.15) is 0 Å². The summed E-state index contributed by atoms with van der Waals surface area (Å²) < 4.78 is 1.94. The van der Waals surface area contributed by atoms with E-state index in [1.807, 2.05) is 81.5 Å². The summed E-state index contributed by atoms with van der Waals surface area (Å²) in [4.78, 5) is 14.7. The molecule has 2 aromatic rings. The molecule has 0 aliphatic carbocycles. The van der Waals surface area contributed by atoms with Crippen molar-refractivity contribution in [3.05, 3.63) is 30.3 Å². The van der Waals surface area contributed by atoms with Crippen LogP contribution in [0.15, 0.2) is 35.5 Å². The van der Waals surface area contributed by atoms with E-state index in [9.17, 15) is 4.79 Å². The number of aromatic nitrogens is 3. The van der Waals surface area contributed by atoms with Crippen LogP contribution in [0.25, 0.3) is 11.4 Å². The van der Waals surface area contributed by atoms with Crippen molar-refractivity contribution in [2.45, 2.75) is 57.1 Å². The van der Waals surface area contributed by atoms with Gasteiger partial charge in [0.2, 0.25) is 5.91 Å². The van der Waals surface area contributed by atoms with Crippen LogP contribution in [-0.2, 0) is 11.8 Å². The lowest BCUT2D eigenvalue weighted by molar-refractivity contribution is -0.133. The lowest BCUT2D eigenvalue weighted by Gasteiger charge is -2.32. The van der Waals surface area contributed by atoms with Gasteiger partial charge in [-0.1, -0.05) is 42.1 Å². The maximum Gasteiger partial charge on any atom is 0.236 e. The third-order valence-electron chi connectivity index (χ3n) is 3.86. The Morgan fingerprint density at radius 1 is 1.04 bits per heavy atom. The molecule has 0 aliphatic rings. The lowest BCUT2D eigenvalue weighted by Crippen LogP contribution is -2.45. The number of benzene rings is 1. The third-order valence-corrected chi connectivity index (χ3v) is 4.99. The Morgan fingerprint density at radius 2 is 1.62 bits per heavy atom. The van der Waals surface area contributed by atoms with Crippen molar-refractivity contribution in [2.75, 3.05) is 0 Å². The van der Waals surface area contributed by atoms with Crippen LogP contribution in [0.2, 0.25) is 0 Å². The molecule has 5 nitrogen and oxygen atoms in total. The monoisotopic (exact) mass is 346 g/mol. The fourth-order valence-electron chi connectivity index (χ4n) is 2.78. The van der Waals surface area contributed by atoms with Crippen molar-refractivity contribution in [1.82, 2.24) is 19.7 Å². The highest BCUT2D eigenvalue weighted by Crippen LogP contribution is 2.27. The molecule has 0 fully saturated rings. The number of rotatable bonds is 6. The standard InChI is InChI=1S/C18H26N4OS/c1-12(2)22(13(3)4)17(23)14(5)24-18-20-19-16(21(18)6)15-10-8-7-9-11-15/h7-14H,1-6H3/t14-/m0/s1. The van der Waals surface area contributed by atoms with Crippen LogP contribution < -0.4 is 0 Å². The van der Waals surface area contributed by atoms with Crippen LogP contribution >= 0.6 is 11.8 Å². The van der Waals surface area contributed by atoms with E-state index >= 15 is 0 Å². The summed E-state index contributed by atoms with van der Waals surface area (Å²) in [6, 6.07) is 10.3. The fraction of sp³-hybridized carbons (Fsp3) is 0.500. The molecular weight excluding hydrogens is 320 g/mol. The largest absolute Gasteiger partial charge is 0.337 e. The zero-order chi connectivity index (χ0) is 17.9. The van der Waals surface area contributed by atoms with Gasteiger partial charge in [-0.3, -0.25) is 4.79 Å². The molecule has 1 aromatic heterocycles. The van der Waals surface area contributed by atoms with E-state index in [0.29, 0.717) is 0 Å². The molecule has 2 rings (SSSR count). The van der Waals surface area contributed by atoms with Crippen molar-refractivity contribution in [1.29, 1.82) is 0 Å². The summed E-state index contributed by atoms with van der Waals surface area (Å²) in [7, 11) is 1.94. The molecule has 0 bridgehead atoms. The van der Waals surface area contributed by atoms with Crippen molar-refractivity contribution in [3.8, 4) is 11.4 Å². The molecule has 1 heterocycles. The van der Waals surface area contributed by atoms with Crippen molar-refractivity contribution < 1.29 is 4.79 Å². The Bertz CT molecular complexity index is 674. The first-order valence-corrected chi connectivity index (χ1v) is 9.14. The Balaban J connectivity index is 2.17. The molecule has 0 spiro atoms. The molecule has 1 aromatic carbocycles. The average molecular weight is 347 g/mol. The number of carbonyl (C=O) groups is 1. The Labute approximate surface area is 148 Å². The summed E-state index contributed by atoms with van der Waals surface area (Å²) in [5, 5.41) is 9.09. The van der Waals surface area contributed by atoms with Crippen molar-refractivity contribution >= 4 is 17.7 Å². The van der Waals surface area contributed by atoms with E-state index in [1.165, 1.54) is 11.8 Å². The molecule has 1 amide bonds. The van der Waals surface area contributed by atoms with Crippen LogP contribution in [0.3, 0.4) is 0 Å². The summed E-state index contributed by atoms with van der Waals surface area (Å²) >= 11 is 1.46. The quantitative estimate of drug-likeness (QED) is 0.750. The molecule has 6 heteroatoms. The molecule has 130 valence electrons. The first kappa shape index (κ1) is 18.5. The van der Waals surface area contributed by atoms with Crippen LogP contribution in [0.5, 0.6) is 0 Å². The summed E-state index contributed by atoms with van der Waals surface area (Å²) in [6.07, 6.45) is 0. The van der Waals surface area contributed by atoms with Gasteiger partial charge in [-0.15, -0.1) is 10.2 Å². The Morgan fingerprint density at radius 3 is 2.17 bits per heavy atom. The number of nitrogens with zero attached hydrogens (tertiary/aromatic N) is 4. The van der Waals surface area contributed by atoms with E-state index in [2.05, 4.69) is 10.2 Å². The lowest BCUT2D eigenvalue weighted by atomic mass is 10.2. The maximum absolute atomic E-state index is 12.8. The highest BCUT2D eigenvalue weighted by atomic mass is 32.2. The fourth-order valence-corrected chi connectivity index (χ4v) is 3.65. The smallest absolute Gasteiger partial charge is 0.236 e. The van der Waals surface area contributed by atoms with Gasteiger partial charge in [-0.2, -0.15) is 0 Å². The number of amides is 1. The SMILES string of the molecule is CC(C)N(C(=O)[C@H](C)Sc1nnc(-c2ccccc2)n1C)C(C)C. The second kappa shape index (κ2) is 7.83. The molecule has 0 saturated heterocycles. The highest BCUT2D eigenvalue weighted by Gasteiger charge is 2.27.